The number of hydrogen-bond acceptors (Lipinski definition) is 5. The summed E-state index contributed by atoms with van der Waals surface area (Å²) < 4.78 is 41.1. The quantitative estimate of drug-likeness (QED) is 0.873. The summed E-state index contributed by atoms with van der Waals surface area (Å²) in [7, 11) is 0. The molecule has 0 radical (unpaired) electrons. The minimum atomic E-state index is -4.36. The largest absolute Gasteiger partial charge is 0.468 e. The zero-order valence-corrected chi connectivity index (χ0v) is 15.9. The van der Waals surface area contributed by atoms with Gasteiger partial charge in [-0.05, 0) is 52.3 Å². The lowest BCUT2D eigenvalue weighted by Crippen LogP contribution is -2.26. The highest BCUT2D eigenvalue weighted by molar-refractivity contribution is 5.72. The Labute approximate surface area is 152 Å². The lowest BCUT2D eigenvalue weighted by Gasteiger charge is -2.25. The average molecular weight is 372 g/mol. The summed E-state index contributed by atoms with van der Waals surface area (Å²) in [6.45, 7) is 9.39. The minimum absolute atomic E-state index is 0. The fraction of sp³-hybridized carbons (Fsp3) is 0.556. The molecule has 2 rings (SSSR count). The Morgan fingerprint density at radius 2 is 1.85 bits per heavy atom. The van der Waals surface area contributed by atoms with Gasteiger partial charge in [-0.2, -0.15) is 13.2 Å². The zero-order chi connectivity index (χ0) is 20.0. The fourth-order valence-corrected chi connectivity index (χ4v) is 1.93. The molecule has 0 atom stereocenters. The number of pyridine rings is 1. The predicted octanol–water partition coefficient (Wildman–Crippen LogP) is 3.82. The predicted molar refractivity (Wildman–Crippen MR) is 97.1 cm³/mol. The van der Waals surface area contributed by atoms with E-state index in [1.54, 1.807) is 19.2 Å². The molecule has 0 amide bonds. The summed E-state index contributed by atoms with van der Waals surface area (Å²) >= 11 is 0. The number of aliphatic imine (C=N–C) groups is 1. The van der Waals surface area contributed by atoms with Crippen LogP contribution in [-0.4, -0.2) is 41.1 Å². The molecule has 2 heterocycles. The van der Waals surface area contributed by atoms with Crippen molar-refractivity contribution in [2.75, 3.05) is 13.3 Å². The molecule has 26 heavy (non-hydrogen) atoms. The van der Waals surface area contributed by atoms with Crippen LogP contribution >= 0.6 is 0 Å². The number of aryl methyl sites for hydroxylation is 1. The molecule has 146 valence electrons. The first-order valence-corrected chi connectivity index (χ1v) is 8.21. The van der Waals surface area contributed by atoms with E-state index in [-0.39, 0.29) is 11.4 Å². The van der Waals surface area contributed by atoms with E-state index in [4.69, 9.17) is 5.73 Å². The Bertz CT molecular complexity index is 643. The van der Waals surface area contributed by atoms with Crippen LogP contribution in [0.3, 0.4) is 0 Å². The lowest BCUT2D eigenvalue weighted by molar-refractivity contribution is -0.154. The van der Waals surface area contributed by atoms with Crippen LogP contribution in [0.15, 0.2) is 29.0 Å². The van der Waals surface area contributed by atoms with Crippen molar-refractivity contribution >= 4 is 6.21 Å². The molecule has 1 aromatic rings. The number of rotatable bonds is 4. The molecule has 0 spiro atoms. The van der Waals surface area contributed by atoms with Gasteiger partial charge < -0.3 is 15.4 Å². The maximum absolute atomic E-state index is 12.1. The van der Waals surface area contributed by atoms with Crippen LogP contribution in [-0.2, 0) is 6.54 Å². The van der Waals surface area contributed by atoms with Crippen molar-refractivity contribution in [2.24, 2.45) is 10.7 Å². The topological polar surface area (TPSA) is 63.7 Å². The van der Waals surface area contributed by atoms with E-state index in [0.29, 0.717) is 18.8 Å². The summed E-state index contributed by atoms with van der Waals surface area (Å²) in [5.41, 5.74) is 7.92. The summed E-state index contributed by atoms with van der Waals surface area (Å²) in [6.07, 6.45) is 0.832. The summed E-state index contributed by atoms with van der Waals surface area (Å²) in [4.78, 5) is 10.2. The highest BCUT2D eigenvalue weighted by Gasteiger charge is 2.29. The Kier molecular flexibility index (Phi) is 7.62. The molecule has 0 saturated heterocycles. The van der Waals surface area contributed by atoms with Crippen LogP contribution < -0.4 is 10.5 Å². The van der Waals surface area contributed by atoms with Gasteiger partial charge in [-0.15, -0.1) is 0 Å². The van der Waals surface area contributed by atoms with Crippen molar-refractivity contribution in [3.8, 4) is 5.88 Å². The molecule has 0 aliphatic carbocycles. The lowest BCUT2D eigenvalue weighted by atomic mass is 10.1. The fourth-order valence-electron chi connectivity index (χ4n) is 1.93. The van der Waals surface area contributed by atoms with Gasteiger partial charge in [0.1, 0.15) is 6.67 Å². The molecule has 1 aliphatic rings. The first-order chi connectivity index (χ1) is 11.8. The normalized spacial score (nSPS) is 14.5. The molecular formula is C18H27F3N4O. The molecule has 0 aromatic carbocycles. The first-order valence-electron chi connectivity index (χ1n) is 8.21. The van der Waals surface area contributed by atoms with Crippen LogP contribution in [0.5, 0.6) is 5.88 Å². The Hall–Kier alpha value is -2.09. The van der Waals surface area contributed by atoms with Gasteiger partial charge in [0, 0.05) is 35.8 Å². The monoisotopic (exact) mass is 372 g/mol. The third-order valence-electron chi connectivity index (χ3n) is 3.01. The van der Waals surface area contributed by atoms with Crippen LogP contribution in [0.1, 0.15) is 38.8 Å². The van der Waals surface area contributed by atoms with Crippen molar-refractivity contribution in [3.63, 3.8) is 0 Å². The molecule has 8 heteroatoms. The van der Waals surface area contributed by atoms with Gasteiger partial charge in [0.15, 0.2) is 6.61 Å². The molecule has 0 saturated carbocycles. The van der Waals surface area contributed by atoms with Crippen molar-refractivity contribution in [2.45, 2.75) is 52.9 Å². The molecule has 0 bridgehead atoms. The van der Waals surface area contributed by atoms with Gasteiger partial charge in [-0.25, -0.2) is 4.98 Å². The second-order valence-corrected chi connectivity index (χ2v) is 7.21. The van der Waals surface area contributed by atoms with E-state index in [2.05, 4.69) is 14.7 Å². The van der Waals surface area contributed by atoms with Crippen LogP contribution in [0.4, 0.5) is 13.2 Å². The smallest absolute Gasteiger partial charge is 0.422 e. The van der Waals surface area contributed by atoms with E-state index in [1.165, 1.54) is 6.20 Å². The van der Waals surface area contributed by atoms with Gasteiger partial charge in [-0.1, -0.05) is 0 Å². The van der Waals surface area contributed by atoms with Gasteiger partial charge in [0.2, 0.25) is 5.88 Å². The van der Waals surface area contributed by atoms with Crippen molar-refractivity contribution in [1.82, 2.24) is 9.88 Å². The van der Waals surface area contributed by atoms with Gasteiger partial charge in [0.05, 0.1) is 0 Å². The second kappa shape index (κ2) is 9.02. The van der Waals surface area contributed by atoms with Gasteiger partial charge >= 0.3 is 6.18 Å². The van der Waals surface area contributed by atoms with Crippen LogP contribution in [0.25, 0.3) is 0 Å². The number of halogens is 3. The van der Waals surface area contributed by atoms with E-state index < -0.39 is 12.8 Å². The van der Waals surface area contributed by atoms with Crippen LogP contribution in [0, 0.1) is 6.92 Å². The van der Waals surface area contributed by atoms with Crippen molar-refractivity contribution in [3.05, 3.63) is 35.2 Å². The van der Waals surface area contributed by atoms with Gasteiger partial charge in [-0.3, -0.25) is 4.99 Å². The number of allylic oxidation sites excluding steroid dienone is 2. The van der Waals surface area contributed by atoms with E-state index >= 15 is 0 Å². The standard InChI is InChI=1S/C14H16F3N3O.C4H11N/c1-10-5-12(7-20-9-18-4-3-11(20)2)6-19-13(10)21-8-14(15,16)17;1-4(2,3)5/h3-6H,7-9H2,1-2H3;5H2,1-3H3. The Balaban J connectivity index is 0.000000597. The van der Waals surface area contributed by atoms with E-state index in [1.807, 2.05) is 38.7 Å². The number of alkyl halides is 3. The first kappa shape index (κ1) is 22.0. The third kappa shape index (κ3) is 9.41. The molecular weight excluding hydrogens is 345 g/mol. The minimum Gasteiger partial charge on any atom is -0.468 e. The highest BCUT2D eigenvalue weighted by Crippen LogP contribution is 2.21. The maximum Gasteiger partial charge on any atom is 0.422 e. The highest BCUT2D eigenvalue weighted by atomic mass is 19.4. The number of hydrogen-bond donors (Lipinski definition) is 1. The average Bonchev–Trinajstić information content (AvgIpc) is 2.46. The van der Waals surface area contributed by atoms with Crippen molar-refractivity contribution < 1.29 is 17.9 Å². The van der Waals surface area contributed by atoms with Crippen LogP contribution in [0.2, 0.25) is 0 Å². The third-order valence-corrected chi connectivity index (χ3v) is 3.01. The van der Waals surface area contributed by atoms with E-state index in [9.17, 15) is 13.2 Å². The Morgan fingerprint density at radius 3 is 2.35 bits per heavy atom. The molecule has 0 fully saturated rings. The number of nitrogens with zero attached hydrogens (tertiary/aromatic N) is 3. The SMILES string of the molecule is CC(C)(C)N.CC1=CC=NCN1Cc1cnc(OCC(F)(F)F)c(C)c1. The summed E-state index contributed by atoms with van der Waals surface area (Å²) in [6, 6.07) is 1.78. The van der Waals surface area contributed by atoms with Crippen molar-refractivity contribution in [1.29, 1.82) is 0 Å². The summed E-state index contributed by atoms with van der Waals surface area (Å²) in [5, 5.41) is 0. The zero-order valence-electron chi connectivity index (χ0n) is 15.9. The van der Waals surface area contributed by atoms with E-state index in [0.717, 1.165) is 11.3 Å². The number of aromatic nitrogens is 1. The molecule has 0 unspecified atom stereocenters. The maximum atomic E-state index is 12.1. The number of ether oxygens (including phenoxy) is 1. The Morgan fingerprint density at radius 1 is 1.23 bits per heavy atom. The molecule has 2 N–H and O–H groups in total. The summed E-state index contributed by atoms with van der Waals surface area (Å²) in [5.74, 6) is 0.0139. The molecule has 5 nitrogen and oxygen atoms in total. The molecule has 1 aromatic heterocycles. The second-order valence-electron chi connectivity index (χ2n) is 7.21. The molecule has 1 aliphatic heterocycles. The number of nitrogens with two attached hydrogens (primary N) is 1. The van der Waals surface area contributed by atoms with Gasteiger partial charge in [0.25, 0.3) is 0 Å².